The molecule has 0 aromatic heterocycles. The summed E-state index contributed by atoms with van der Waals surface area (Å²) in [6.07, 6.45) is 24.9. The first-order valence-corrected chi connectivity index (χ1v) is 15.4. The van der Waals surface area contributed by atoms with Gasteiger partial charge in [0.05, 0.1) is 27.6 Å². The van der Waals surface area contributed by atoms with Crippen LogP contribution in [0.1, 0.15) is 149 Å². The number of likely N-dealkylation sites (N-methyl/N-ethyl adjacent to an activating group) is 1. The third-order valence-electron chi connectivity index (χ3n) is 7.08. The Hall–Kier alpha value is -1.10. The molecule has 0 aromatic carbocycles. The number of quaternary nitrogens is 1. The van der Waals surface area contributed by atoms with Crippen molar-refractivity contribution in [3.8, 4) is 0 Å². The van der Waals surface area contributed by atoms with Crippen LogP contribution < -0.4 is 0 Å². The van der Waals surface area contributed by atoms with E-state index in [-0.39, 0.29) is 12.4 Å². The van der Waals surface area contributed by atoms with Gasteiger partial charge < -0.3 is 14.3 Å². The Morgan fingerprint density at radius 3 is 1.53 bits per heavy atom. The highest BCUT2D eigenvalue weighted by atomic mass is 16.5. The van der Waals surface area contributed by atoms with Crippen LogP contribution in [0.15, 0.2) is 0 Å². The molecule has 0 bridgehead atoms. The quantitative estimate of drug-likeness (QED) is 0.0716. The van der Waals surface area contributed by atoms with Gasteiger partial charge in [-0.2, -0.15) is 0 Å². The van der Waals surface area contributed by atoms with Crippen LogP contribution in [0.3, 0.4) is 0 Å². The zero-order valence-electron chi connectivity index (χ0n) is 24.8. The van der Waals surface area contributed by atoms with Gasteiger partial charge in [0, 0.05) is 6.42 Å². The second-order valence-corrected chi connectivity index (χ2v) is 12.3. The van der Waals surface area contributed by atoms with Gasteiger partial charge in [0.1, 0.15) is 6.54 Å². The Morgan fingerprint density at radius 2 is 1.11 bits per heavy atom. The molecule has 2 unspecified atom stereocenters. The maximum Gasteiger partial charge on any atom is 0.307 e. The summed E-state index contributed by atoms with van der Waals surface area (Å²) in [6.45, 7) is 5.22. The van der Waals surface area contributed by atoms with E-state index in [9.17, 15) is 9.59 Å². The molecular formula is C31H62NO4+. The van der Waals surface area contributed by atoms with Gasteiger partial charge in [-0.1, -0.05) is 129 Å². The Labute approximate surface area is 224 Å². The molecule has 0 heterocycles. The van der Waals surface area contributed by atoms with Crippen molar-refractivity contribution in [1.29, 1.82) is 0 Å². The largest absolute Gasteiger partial charge is 0.481 e. The molecule has 0 aliphatic heterocycles. The number of hydrogen-bond acceptors (Lipinski definition) is 3. The molecule has 0 aliphatic rings. The van der Waals surface area contributed by atoms with Crippen LogP contribution in [0.25, 0.3) is 0 Å². The van der Waals surface area contributed by atoms with Crippen molar-refractivity contribution in [2.45, 2.75) is 155 Å². The number of carbonyl (C=O) groups excluding carboxylic acids is 1. The fraction of sp³-hybridized carbons (Fsp3) is 0.935. The minimum Gasteiger partial charge on any atom is -0.481 e. The normalized spacial score (nSPS) is 13.5. The lowest BCUT2D eigenvalue weighted by Crippen LogP contribution is -2.43. The number of esters is 1. The lowest BCUT2D eigenvalue weighted by molar-refractivity contribution is -0.873. The fourth-order valence-corrected chi connectivity index (χ4v) is 4.95. The highest BCUT2D eigenvalue weighted by Crippen LogP contribution is 2.18. The van der Waals surface area contributed by atoms with E-state index in [0.29, 0.717) is 17.4 Å². The second kappa shape index (κ2) is 23.0. The maximum atomic E-state index is 12.1. The molecule has 0 aliphatic carbocycles. The number of unbranched alkanes of at least 4 members (excludes halogenated alkanes) is 15. The summed E-state index contributed by atoms with van der Waals surface area (Å²) in [5, 5.41) is 9.05. The number of carboxylic acid groups (broad SMARTS) is 1. The van der Waals surface area contributed by atoms with Gasteiger partial charge in [-0.15, -0.1) is 0 Å². The maximum absolute atomic E-state index is 12.1. The molecular weight excluding hydrogens is 450 g/mol. The van der Waals surface area contributed by atoms with Gasteiger partial charge in [0.2, 0.25) is 0 Å². The Balaban J connectivity index is 3.46. The molecule has 0 saturated carbocycles. The minimum atomic E-state index is -0.922. The zero-order valence-corrected chi connectivity index (χ0v) is 24.8. The van der Waals surface area contributed by atoms with Crippen LogP contribution in [0, 0.1) is 5.92 Å². The first-order chi connectivity index (χ1) is 17.1. The van der Waals surface area contributed by atoms with Gasteiger partial charge in [-0.25, -0.2) is 0 Å². The van der Waals surface area contributed by atoms with Gasteiger partial charge in [-0.05, 0) is 12.3 Å². The predicted octanol–water partition coefficient (Wildman–Crippen LogP) is 8.54. The van der Waals surface area contributed by atoms with E-state index in [2.05, 4.69) is 13.8 Å². The molecule has 5 nitrogen and oxygen atoms in total. The lowest BCUT2D eigenvalue weighted by atomic mass is 9.97. The average Bonchev–Trinajstić information content (AvgIpc) is 2.78. The molecule has 0 fully saturated rings. The van der Waals surface area contributed by atoms with Crippen LogP contribution in [0.4, 0.5) is 0 Å². The summed E-state index contributed by atoms with van der Waals surface area (Å²) >= 11 is 0. The van der Waals surface area contributed by atoms with E-state index in [1.165, 1.54) is 109 Å². The summed E-state index contributed by atoms with van der Waals surface area (Å²) in [4.78, 5) is 23.1. The summed E-state index contributed by atoms with van der Waals surface area (Å²) < 4.78 is 6.02. The average molecular weight is 513 g/mol. The molecule has 0 aromatic rings. The predicted molar refractivity (Wildman–Crippen MR) is 152 cm³/mol. The summed E-state index contributed by atoms with van der Waals surface area (Å²) in [6, 6.07) is 0. The molecule has 2 atom stereocenters. The van der Waals surface area contributed by atoms with E-state index in [1.54, 1.807) is 0 Å². The first kappa shape index (κ1) is 34.9. The van der Waals surface area contributed by atoms with Crippen molar-refractivity contribution in [2.75, 3.05) is 27.7 Å². The van der Waals surface area contributed by atoms with Gasteiger partial charge in [0.25, 0.3) is 0 Å². The van der Waals surface area contributed by atoms with Crippen molar-refractivity contribution in [3.63, 3.8) is 0 Å². The van der Waals surface area contributed by atoms with Crippen LogP contribution in [0.2, 0.25) is 0 Å². The lowest BCUT2D eigenvalue weighted by Gasteiger charge is -2.28. The van der Waals surface area contributed by atoms with Gasteiger partial charge in [-0.3, -0.25) is 9.59 Å². The van der Waals surface area contributed by atoms with Crippen LogP contribution in [-0.2, 0) is 14.3 Å². The number of carboxylic acids is 1. The van der Waals surface area contributed by atoms with Gasteiger partial charge in [0.15, 0.2) is 6.10 Å². The molecule has 0 spiro atoms. The van der Waals surface area contributed by atoms with Crippen molar-refractivity contribution in [1.82, 2.24) is 0 Å². The van der Waals surface area contributed by atoms with E-state index in [1.807, 2.05) is 21.1 Å². The molecule has 214 valence electrons. The van der Waals surface area contributed by atoms with Crippen LogP contribution >= 0.6 is 0 Å². The van der Waals surface area contributed by atoms with E-state index in [0.717, 1.165) is 18.8 Å². The Morgan fingerprint density at radius 1 is 0.694 bits per heavy atom. The number of ether oxygens (including phenoxy) is 1. The zero-order chi connectivity index (χ0) is 27.1. The molecule has 1 N–H and O–H groups in total. The van der Waals surface area contributed by atoms with E-state index in [4.69, 9.17) is 9.84 Å². The standard InChI is InChI=1S/C31H61NO4/c1-6-7-23-28(2)24-21-19-17-15-13-11-9-8-10-12-14-16-18-20-22-25-31(35)36-29(26-30(33)34)27-32(3,4)5/h28-29H,6-27H2,1-5H3/p+1. The van der Waals surface area contributed by atoms with Crippen molar-refractivity contribution in [3.05, 3.63) is 0 Å². The third-order valence-corrected chi connectivity index (χ3v) is 7.08. The SMILES string of the molecule is CCCCC(C)CCCCCCCCCCCCCCCCCC(=O)OC(CC(=O)O)C[N+](C)(C)C. The Bertz CT molecular complexity index is 529. The topological polar surface area (TPSA) is 63.6 Å². The third kappa shape index (κ3) is 26.0. The molecule has 36 heavy (non-hydrogen) atoms. The minimum absolute atomic E-state index is 0.125. The summed E-state index contributed by atoms with van der Waals surface area (Å²) in [5.74, 6) is -0.252. The molecule has 0 radical (unpaired) electrons. The first-order valence-electron chi connectivity index (χ1n) is 15.4. The number of hydrogen-bond donors (Lipinski definition) is 1. The molecule has 0 amide bonds. The number of nitrogens with zero attached hydrogens (tertiary/aromatic N) is 1. The van der Waals surface area contributed by atoms with Crippen molar-refractivity contribution in [2.24, 2.45) is 5.92 Å². The molecule has 5 heteroatoms. The second-order valence-electron chi connectivity index (χ2n) is 12.3. The number of aliphatic carboxylic acids is 1. The van der Waals surface area contributed by atoms with E-state index >= 15 is 0 Å². The van der Waals surface area contributed by atoms with Crippen LogP contribution in [0.5, 0.6) is 0 Å². The number of carbonyl (C=O) groups is 2. The van der Waals surface area contributed by atoms with Crippen LogP contribution in [-0.4, -0.2) is 55.3 Å². The fourth-order valence-electron chi connectivity index (χ4n) is 4.95. The Kier molecular flexibility index (Phi) is 22.3. The number of rotatable bonds is 26. The smallest absolute Gasteiger partial charge is 0.307 e. The van der Waals surface area contributed by atoms with Gasteiger partial charge >= 0.3 is 11.9 Å². The molecule has 0 saturated heterocycles. The summed E-state index contributed by atoms with van der Waals surface area (Å²) in [5.41, 5.74) is 0. The summed E-state index contributed by atoms with van der Waals surface area (Å²) in [7, 11) is 5.92. The monoisotopic (exact) mass is 512 g/mol. The molecule has 0 rings (SSSR count). The highest BCUT2D eigenvalue weighted by molar-refractivity contribution is 5.71. The van der Waals surface area contributed by atoms with E-state index < -0.39 is 12.1 Å². The highest BCUT2D eigenvalue weighted by Gasteiger charge is 2.24. The van der Waals surface area contributed by atoms with Crippen molar-refractivity contribution < 1.29 is 23.9 Å². The van der Waals surface area contributed by atoms with Crippen molar-refractivity contribution >= 4 is 11.9 Å².